The minimum Gasteiger partial charge on any atom is -0.378 e. The second-order valence-electron chi connectivity index (χ2n) is 5.72. The van der Waals surface area contributed by atoms with Crippen LogP contribution >= 0.6 is 0 Å². The van der Waals surface area contributed by atoms with Crippen LogP contribution in [0.25, 0.3) is 0 Å². The Bertz CT molecular complexity index is 588. The Balaban J connectivity index is 2.17. The standard InChI is InChI=1S/C18H24N2/c1-13-8-9-15(10-14(13)2)11-18(19)16-6-5-7-17(12-16)20(3)4/h5-10,12,18H,11,19H2,1-4H3. The predicted molar refractivity (Wildman–Crippen MR) is 87.3 cm³/mol. The molecule has 0 spiro atoms. The monoisotopic (exact) mass is 268 g/mol. The average molecular weight is 268 g/mol. The van der Waals surface area contributed by atoms with Crippen molar-refractivity contribution in [1.82, 2.24) is 0 Å². The molecule has 0 heterocycles. The third kappa shape index (κ3) is 3.40. The van der Waals surface area contributed by atoms with E-state index in [1.165, 1.54) is 27.9 Å². The molecular weight excluding hydrogens is 244 g/mol. The van der Waals surface area contributed by atoms with Crippen molar-refractivity contribution in [1.29, 1.82) is 0 Å². The van der Waals surface area contributed by atoms with Crippen molar-refractivity contribution in [2.75, 3.05) is 19.0 Å². The Morgan fingerprint density at radius 2 is 1.75 bits per heavy atom. The van der Waals surface area contributed by atoms with E-state index in [9.17, 15) is 0 Å². The van der Waals surface area contributed by atoms with Crippen molar-refractivity contribution < 1.29 is 0 Å². The minimum atomic E-state index is 0.0389. The summed E-state index contributed by atoms with van der Waals surface area (Å²) in [6, 6.07) is 15.1. The van der Waals surface area contributed by atoms with E-state index in [1.807, 2.05) is 14.1 Å². The number of rotatable bonds is 4. The molecule has 106 valence electrons. The fraction of sp³-hybridized carbons (Fsp3) is 0.333. The van der Waals surface area contributed by atoms with Crippen LogP contribution in [0, 0.1) is 13.8 Å². The van der Waals surface area contributed by atoms with Crippen LogP contribution in [0.1, 0.15) is 28.3 Å². The molecule has 2 aromatic carbocycles. The second kappa shape index (κ2) is 6.10. The Morgan fingerprint density at radius 3 is 2.40 bits per heavy atom. The van der Waals surface area contributed by atoms with Gasteiger partial charge in [-0.2, -0.15) is 0 Å². The first-order valence-corrected chi connectivity index (χ1v) is 7.06. The average Bonchev–Trinajstić information content (AvgIpc) is 2.43. The summed E-state index contributed by atoms with van der Waals surface area (Å²) in [5.74, 6) is 0. The molecule has 20 heavy (non-hydrogen) atoms. The Kier molecular flexibility index (Phi) is 4.46. The molecule has 1 atom stereocenters. The highest BCUT2D eigenvalue weighted by molar-refractivity contribution is 5.48. The summed E-state index contributed by atoms with van der Waals surface area (Å²) in [6.45, 7) is 4.29. The maximum absolute atomic E-state index is 6.37. The molecule has 2 aromatic rings. The van der Waals surface area contributed by atoms with Gasteiger partial charge in [0.05, 0.1) is 0 Å². The van der Waals surface area contributed by atoms with Gasteiger partial charge in [0.25, 0.3) is 0 Å². The van der Waals surface area contributed by atoms with Gasteiger partial charge in [0, 0.05) is 25.8 Å². The van der Waals surface area contributed by atoms with Crippen LogP contribution in [0.4, 0.5) is 5.69 Å². The highest BCUT2D eigenvalue weighted by atomic mass is 15.1. The molecule has 0 amide bonds. The summed E-state index contributed by atoms with van der Waals surface area (Å²) in [6.07, 6.45) is 0.873. The van der Waals surface area contributed by atoms with Crippen molar-refractivity contribution >= 4 is 5.69 Å². The zero-order chi connectivity index (χ0) is 14.7. The van der Waals surface area contributed by atoms with Crippen molar-refractivity contribution in [3.05, 3.63) is 64.7 Å². The SMILES string of the molecule is Cc1ccc(CC(N)c2cccc(N(C)C)c2)cc1C. The predicted octanol–water partition coefficient (Wildman–Crippen LogP) is 3.61. The molecule has 0 saturated heterocycles. The van der Waals surface area contributed by atoms with E-state index >= 15 is 0 Å². The lowest BCUT2D eigenvalue weighted by atomic mass is 9.97. The molecule has 2 heteroatoms. The number of nitrogens with two attached hydrogens (primary N) is 1. The first kappa shape index (κ1) is 14.6. The normalized spacial score (nSPS) is 12.2. The van der Waals surface area contributed by atoms with Gasteiger partial charge in [0.15, 0.2) is 0 Å². The van der Waals surface area contributed by atoms with Crippen molar-refractivity contribution in [2.24, 2.45) is 5.73 Å². The zero-order valence-electron chi connectivity index (χ0n) is 12.9. The Hall–Kier alpha value is -1.80. The van der Waals surface area contributed by atoms with E-state index < -0.39 is 0 Å². The summed E-state index contributed by atoms with van der Waals surface area (Å²) in [4.78, 5) is 2.10. The fourth-order valence-electron chi connectivity index (χ4n) is 2.34. The van der Waals surface area contributed by atoms with Crippen molar-refractivity contribution in [3.8, 4) is 0 Å². The summed E-state index contributed by atoms with van der Waals surface area (Å²) >= 11 is 0. The molecule has 0 aliphatic heterocycles. The van der Waals surface area contributed by atoms with Gasteiger partial charge < -0.3 is 10.6 Å². The summed E-state index contributed by atoms with van der Waals surface area (Å²) in [5, 5.41) is 0. The van der Waals surface area contributed by atoms with Crippen LogP contribution in [-0.2, 0) is 6.42 Å². The number of hydrogen-bond donors (Lipinski definition) is 1. The third-order valence-electron chi connectivity index (χ3n) is 3.84. The Morgan fingerprint density at radius 1 is 1.00 bits per heavy atom. The molecule has 0 saturated carbocycles. The lowest BCUT2D eigenvalue weighted by molar-refractivity contribution is 0.721. The third-order valence-corrected chi connectivity index (χ3v) is 3.84. The van der Waals surface area contributed by atoms with Crippen LogP contribution < -0.4 is 10.6 Å². The molecule has 0 bridgehead atoms. The molecule has 0 radical (unpaired) electrons. The molecule has 2 N–H and O–H groups in total. The molecular formula is C18H24N2. The molecule has 2 rings (SSSR count). The molecule has 2 nitrogen and oxygen atoms in total. The summed E-state index contributed by atoms with van der Waals surface area (Å²) in [5.41, 5.74) is 12.7. The van der Waals surface area contributed by atoms with Crippen LogP contribution in [0.5, 0.6) is 0 Å². The summed E-state index contributed by atoms with van der Waals surface area (Å²) < 4.78 is 0. The quantitative estimate of drug-likeness (QED) is 0.917. The maximum Gasteiger partial charge on any atom is 0.0364 e. The van der Waals surface area contributed by atoms with Gasteiger partial charge in [-0.15, -0.1) is 0 Å². The lowest BCUT2D eigenvalue weighted by Crippen LogP contribution is -2.15. The largest absolute Gasteiger partial charge is 0.378 e. The van der Waals surface area contributed by atoms with Gasteiger partial charge >= 0.3 is 0 Å². The van der Waals surface area contributed by atoms with Gasteiger partial charge in [0.1, 0.15) is 0 Å². The van der Waals surface area contributed by atoms with Gasteiger partial charge in [0.2, 0.25) is 0 Å². The van der Waals surface area contributed by atoms with Crippen molar-refractivity contribution in [2.45, 2.75) is 26.3 Å². The van der Waals surface area contributed by atoms with Crippen LogP contribution in [0.15, 0.2) is 42.5 Å². The number of hydrogen-bond acceptors (Lipinski definition) is 2. The second-order valence-corrected chi connectivity index (χ2v) is 5.72. The first-order valence-electron chi connectivity index (χ1n) is 7.06. The maximum atomic E-state index is 6.37. The van der Waals surface area contributed by atoms with E-state index in [1.54, 1.807) is 0 Å². The zero-order valence-corrected chi connectivity index (χ0v) is 12.9. The number of anilines is 1. The van der Waals surface area contributed by atoms with E-state index in [-0.39, 0.29) is 6.04 Å². The first-order chi connectivity index (χ1) is 9.47. The molecule has 0 aliphatic carbocycles. The molecule has 1 unspecified atom stereocenters. The number of nitrogens with zero attached hydrogens (tertiary/aromatic N) is 1. The van der Waals surface area contributed by atoms with E-state index in [0.29, 0.717) is 0 Å². The molecule has 0 aliphatic rings. The van der Waals surface area contributed by atoms with E-state index in [0.717, 1.165) is 6.42 Å². The summed E-state index contributed by atoms with van der Waals surface area (Å²) in [7, 11) is 4.10. The number of aryl methyl sites for hydroxylation is 2. The van der Waals surface area contributed by atoms with Crippen LogP contribution in [0.2, 0.25) is 0 Å². The molecule has 0 aromatic heterocycles. The van der Waals surface area contributed by atoms with Gasteiger partial charge in [-0.05, 0) is 54.7 Å². The number of benzene rings is 2. The van der Waals surface area contributed by atoms with E-state index in [4.69, 9.17) is 5.73 Å². The van der Waals surface area contributed by atoms with Crippen LogP contribution in [0.3, 0.4) is 0 Å². The van der Waals surface area contributed by atoms with Crippen molar-refractivity contribution in [3.63, 3.8) is 0 Å². The van der Waals surface area contributed by atoms with E-state index in [2.05, 4.69) is 61.2 Å². The van der Waals surface area contributed by atoms with Gasteiger partial charge in [-0.3, -0.25) is 0 Å². The topological polar surface area (TPSA) is 29.3 Å². The minimum absolute atomic E-state index is 0.0389. The smallest absolute Gasteiger partial charge is 0.0364 e. The van der Waals surface area contributed by atoms with Gasteiger partial charge in [-0.1, -0.05) is 30.3 Å². The highest BCUT2D eigenvalue weighted by Gasteiger charge is 2.09. The highest BCUT2D eigenvalue weighted by Crippen LogP contribution is 2.21. The van der Waals surface area contributed by atoms with Gasteiger partial charge in [-0.25, -0.2) is 0 Å². The lowest BCUT2D eigenvalue weighted by Gasteiger charge is -2.17. The molecule has 0 fully saturated rings. The van der Waals surface area contributed by atoms with Crippen LogP contribution in [-0.4, -0.2) is 14.1 Å². The Labute approximate surface area is 122 Å². The fourth-order valence-corrected chi connectivity index (χ4v) is 2.34.